The van der Waals surface area contributed by atoms with Gasteiger partial charge in [-0.15, -0.1) is 0 Å². The fourth-order valence-electron chi connectivity index (χ4n) is 2.04. The van der Waals surface area contributed by atoms with E-state index in [2.05, 4.69) is 29.1 Å². The van der Waals surface area contributed by atoms with Crippen LogP contribution in [0.1, 0.15) is 32.4 Å². The lowest BCUT2D eigenvalue weighted by Gasteiger charge is -2.16. The number of hydrogen-bond acceptors (Lipinski definition) is 4. The molecular formula is C12H19N5O. The molecule has 0 unspecified atom stereocenters. The van der Waals surface area contributed by atoms with Gasteiger partial charge >= 0.3 is 5.69 Å². The maximum atomic E-state index is 11.5. The van der Waals surface area contributed by atoms with Crippen molar-refractivity contribution in [2.75, 3.05) is 11.2 Å². The summed E-state index contributed by atoms with van der Waals surface area (Å²) in [4.78, 5) is 18.6. The SMILES string of the molecule is CCC(CC)Nc1cc(C)nc2c1[nH]c(=O)n2N. The molecule has 0 aliphatic carbocycles. The van der Waals surface area contributed by atoms with Gasteiger partial charge < -0.3 is 16.1 Å². The number of pyridine rings is 1. The van der Waals surface area contributed by atoms with E-state index in [-0.39, 0.29) is 5.69 Å². The van der Waals surface area contributed by atoms with Crippen molar-refractivity contribution in [3.63, 3.8) is 0 Å². The first kappa shape index (κ1) is 12.5. The van der Waals surface area contributed by atoms with E-state index in [0.717, 1.165) is 28.9 Å². The summed E-state index contributed by atoms with van der Waals surface area (Å²) in [5, 5.41) is 3.42. The molecule has 0 spiro atoms. The van der Waals surface area contributed by atoms with Crippen LogP contribution in [0.15, 0.2) is 10.9 Å². The summed E-state index contributed by atoms with van der Waals surface area (Å²) in [6, 6.07) is 2.30. The van der Waals surface area contributed by atoms with E-state index in [9.17, 15) is 4.79 Å². The number of aromatic amines is 1. The highest BCUT2D eigenvalue weighted by atomic mass is 16.1. The Balaban J connectivity index is 2.56. The van der Waals surface area contributed by atoms with E-state index >= 15 is 0 Å². The lowest BCUT2D eigenvalue weighted by atomic mass is 10.1. The lowest BCUT2D eigenvalue weighted by Crippen LogP contribution is -2.24. The van der Waals surface area contributed by atoms with Gasteiger partial charge in [0, 0.05) is 11.7 Å². The Bertz CT molecular complexity index is 609. The molecule has 2 heterocycles. The molecule has 6 nitrogen and oxygen atoms in total. The molecule has 2 rings (SSSR count). The predicted octanol–water partition coefficient (Wildman–Crippen LogP) is 1.35. The van der Waals surface area contributed by atoms with Crippen LogP contribution in [0.4, 0.5) is 5.69 Å². The minimum Gasteiger partial charge on any atom is -0.380 e. The highest BCUT2D eigenvalue weighted by Gasteiger charge is 2.13. The molecule has 0 atom stereocenters. The standard InChI is InChI=1S/C12H19N5O/c1-4-8(5-2)15-9-6-7(3)14-11-10(9)16-12(18)17(11)13/h6,8H,4-5,13H2,1-3H3,(H,14,15)(H,16,18). The van der Waals surface area contributed by atoms with E-state index in [1.807, 2.05) is 13.0 Å². The highest BCUT2D eigenvalue weighted by molar-refractivity contribution is 5.86. The Morgan fingerprint density at radius 1 is 1.50 bits per heavy atom. The van der Waals surface area contributed by atoms with Gasteiger partial charge in [0.2, 0.25) is 0 Å². The van der Waals surface area contributed by atoms with Crippen LogP contribution in [-0.4, -0.2) is 20.7 Å². The van der Waals surface area contributed by atoms with Crippen molar-refractivity contribution in [3.8, 4) is 0 Å². The number of rotatable bonds is 4. The molecule has 2 aromatic heterocycles. The largest absolute Gasteiger partial charge is 0.380 e. The van der Waals surface area contributed by atoms with Gasteiger partial charge in [0.05, 0.1) is 5.69 Å². The normalized spacial score (nSPS) is 11.3. The van der Waals surface area contributed by atoms with Crippen molar-refractivity contribution >= 4 is 16.9 Å². The third-order valence-electron chi connectivity index (χ3n) is 3.15. The van der Waals surface area contributed by atoms with Crippen LogP contribution in [-0.2, 0) is 0 Å². The fraction of sp³-hybridized carbons (Fsp3) is 0.500. The first-order valence-electron chi connectivity index (χ1n) is 6.20. The molecule has 0 aliphatic rings. The number of aromatic nitrogens is 3. The van der Waals surface area contributed by atoms with E-state index in [4.69, 9.17) is 5.84 Å². The van der Waals surface area contributed by atoms with E-state index in [1.54, 1.807) is 0 Å². The number of fused-ring (bicyclic) bond motifs is 1. The molecule has 18 heavy (non-hydrogen) atoms. The quantitative estimate of drug-likeness (QED) is 0.713. The second kappa shape index (κ2) is 4.72. The number of aryl methyl sites for hydroxylation is 1. The van der Waals surface area contributed by atoms with Crippen molar-refractivity contribution in [1.29, 1.82) is 0 Å². The molecule has 0 amide bonds. The minimum atomic E-state index is -0.351. The summed E-state index contributed by atoms with van der Waals surface area (Å²) in [6.07, 6.45) is 2.04. The van der Waals surface area contributed by atoms with Crippen LogP contribution in [0, 0.1) is 6.92 Å². The first-order valence-corrected chi connectivity index (χ1v) is 6.20. The third-order valence-corrected chi connectivity index (χ3v) is 3.15. The van der Waals surface area contributed by atoms with Crippen LogP contribution in [0.5, 0.6) is 0 Å². The zero-order valence-corrected chi connectivity index (χ0v) is 10.9. The number of anilines is 1. The molecule has 0 aliphatic heterocycles. The number of nitrogen functional groups attached to an aromatic ring is 1. The summed E-state index contributed by atoms with van der Waals surface area (Å²) in [6.45, 7) is 6.14. The molecule has 0 aromatic carbocycles. The van der Waals surface area contributed by atoms with Crippen LogP contribution in [0.3, 0.4) is 0 Å². The van der Waals surface area contributed by atoms with Crippen LogP contribution >= 0.6 is 0 Å². The van der Waals surface area contributed by atoms with Gasteiger partial charge in [0.25, 0.3) is 0 Å². The maximum Gasteiger partial charge on any atom is 0.346 e. The van der Waals surface area contributed by atoms with Crippen LogP contribution in [0.2, 0.25) is 0 Å². The number of nitrogens with one attached hydrogen (secondary N) is 2. The number of nitrogens with two attached hydrogens (primary N) is 1. The fourth-order valence-corrected chi connectivity index (χ4v) is 2.04. The molecule has 0 saturated carbocycles. The average molecular weight is 249 g/mol. The number of imidazole rings is 1. The van der Waals surface area contributed by atoms with Gasteiger partial charge in [0.15, 0.2) is 5.65 Å². The van der Waals surface area contributed by atoms with Crippen LogP contribution in [0.25, 0.3) is 11.2 Å². The molecule has 0 radical (unpaired) electrons. The Morgan fingerprint density at radius 2 is 2.17 bits per heavy atom. The van der Waals surface area contributed by atoms with Gasteiger partial charge in [-0.1, -0.05) is 13.8 Å². The molecule has 4 N–H and O–H groups in total. The number of H-pyrrole nitrogens is 1. The minimum absolute atomic E-state index is 0.351. The number of nitrogens with zero attached hydrogens (tertiary/aromatic N) is 2. The number of hydrogen-bond donors (Lipinski definition) is 3. The Labute approximate surface area is 105 Å². The molecule has 0 saturated heterocycles. The zero-order chi connectivity index (χ0) is 13.3. The second-order valence-corrected chi connectivity index (χ2v) is 4.47. The zero-order valence-electron chi connectivity index (χ0n) is 10.9. The van der Waals surface area contributed by atoms with Crippen molar-refractivity contribution in [2.24, 2.45) is 0 Å². The molecule has 0 fully saturated rings. The molecule has 98 valence electrons. The van der Waals surface area contributed by atoms with Crippen molar-refractivity contribution < 1.29 is 0 Å². The van der Waals surface area contributed by atoms with Gasteiger partial charge in [-0.05, 0) is 25.8 Å². The topological polar surface area (TPSA) is 88.7 Å². The smallest absolute Gasteiger partial charge is 0.346 e. The third kappa shape index (κ3) is 2.05. The summed E-state index contributed by atoms with van der Waals surface area (Å²) < 4.78 is 1.04. The van der Waals surface area contributed by atoms with Gasteiger partial charge in [-0.25, -0.2) is 9.78 Å². The van der Waals surface area contributed by atoms with Gasteiger partial charge in [-0.2, -0.15) is 4.68 Å². The van der Waals surface area contributed by atoms with Gasteiger partial charge in [-0.3, -0.25) is 0 Å². The predicted molar refractivity (Wildman–Crippen MR) is 73.2 cm³/mol. The van der Waals surface area contributed by atoms with Crippen LogP contribution < -0.4 is 16.8 Å². The highest BCUT2D eigenvalue weighted by Crippen LogP contribution is 2.21. The van der Waals surface area contributed by atoms with Crippen molar-refractivity contribution in [2.45, 2.75) is 39.7 Å². The van der Waals surface area contributed by atoms with E-state index < -0.39 is 0 Å². The Kier molecular flexibility index (Phi) is 3.27. The molecular weight excluding hydrogens is 230 g/mol. The van der Waals surface area contributed by atoms with E-state index in [0.29, 0.717) is 17.2 Å². The van der Waals surface area contributed by atoms with E-state index in [1.165, 1.54) is 0 Å². The molecule has 0 bridgehead atoms. The molecule has 2 aromatic rings. The van der Waals surface area contributed by atoms with Crippen molar-refractivity contribution in [3.05, 3.63) is 22.2 Å². The summed E-state index contributed by atoms with van der Waals surface area (Å²) >= 11 is 0. The summed E-state index contributed by atoms with van der Waals surface area (Å²) in [5.74, 6) is 5.65. The maximum absolute atomic E-state index is 11.5. The molecule has 6 heteroatoms. The average Bonchev–Trinajstić information content (AvgIpc) is 2.63. The lowest BCUT2D eigenvalue weighted by molar-refractivity contribution is 0.672. The summed E-state index contributed by atoms with van der Waals surface area (Å²) in [7, 11) is 0. The Morgan fingerprint density at radius 3 is 2.78 bits per heavy atom. The summed E-state index contributed by atoms with van der Waals surface area (Å²) in [5.41, 5.74) is 2.51. The Hall–Kier alpha value is -1.98. The van der Waals surface area contributed by atoms with Gasteiger partial charge in [0.1, 0.15) is 5.52 Å². The van der Waals surface area contributed by atoms with Crippen molar-refractivity contribution in [1.82, 2.24) is 14.6 Å². The monoisotopic (exact) mass is 249 g/mol. The first-order chi connectivity index (χ1) is 8.56. The second-order valence-electron chi connectivity index (χ2n) is 4.47.